The summed E-state index contributed by atoms with van der Waals surface area (Å²) in [6.45, 7) is 4.74. The third kappa shape index (κ3) is 2.31. The van der Waals surface area contributed by atoms with Gasteiger partial charge in [0, 0.05) is 13.1 Å². The number of nitrogens with one attached hydrogen (secondary N) is 1. The Kier molecular flexibility index (Phi) is 3.15. The largest absolute Gasteiger partial charge is 0.388 e. The molecule has 1 atom stereocenters. The maximum atomic E-state index is 12.2. The van der Waals surface area contributed by atoms with Crippen molar-refractivity contribution in [1.82, 2.24) is 20.3 Å². The van der Waals surface area contributed by atoms with Crippen molar-refractivity contribution < 1.29 is 9.90 Å². The lowest BCUT2D eigenvalue weighted by molar-refractivity contribution is -0.0271. The van der Waals surface area contributed by atoms with Crippen LogP contribution in [0.4, 0.5) is 0 Å². The quantitative estimate of drug-likeness (QED) is 0.785. The summed E-state index contributed by atoms with van der Waals surface area (Å²) < 4.78 is 0. The fourth-order valence-corrected chi connectivity index (χ4v) is 2.21. The molecule has 1 amide bonds. The summed E-state index contributed by atoms with van der Waals surface area (Å²) in [5, 5.41) is 20.4. The van der Waals surface area contributed by atoms with Gasteiger partial charge in [0.2, 0.25) is 0 Å². The Morgan fingerprint density at radius 3 is 2.94 bits per heavy atom. The number of aromatic amines is 1. The van der Waals surface area contributed by atoms with E-state index in [-0.39, 0.29) is 5.91 Å². The molecule has 17 heavy (non-hydrogen) atoms. The highest BCUT2D eigenvalue weighted by atomic mass is 16.3. The van der Waals surface area contributed by atoms with Crippen LogP contribution in [0.1, 0.15) is 42.4 Å². The second-order valence-corrected chi connectivity index (χ2v) is 4.67. The standard InChI is InChI=1S/C11H18N4O2/c1-3-11(17)5-4-6-15(7-11)10(16)9-8(2)12-14-13-9/h17H,3-7H2,1-2H3,(H,12,13,14)/t11-/m1/s1. The summed E-state index contributed by atoms with van der Waals surface area (Å²) in [6, 6.07) is 0. The van der Waals surface area contributed by atoms with Gasteiger partial charge in [-0.2, -0.15) is 15.4 Å². The Balaban J connectivity index is 2.13. The SMILES string of the molecule is CC[C@@]1(O)CCCN(C(=O)c2n[nH]nc2C)C1. The Labute approximate surface area is 100 Å². The van der Waals surface area contributed by atoms with Gasteiger partial charge < -0.3 is 10.0 Å². The molecule has 6 nitrogen and oxygen atoms in total. The van der Waals surface area contributed by atoms with Gasteiger partial charge in [-0.25, -0.2) is 0 Å². The van der Waals surface area contributed by atoms with Crippen LogP contribution in [-0.4, -0.2) is 50.0 Å². The van der Waals surface area contributed by atoms with Gasteiger partial charge in [-0.05, 0) is 26.2 Å². The van der Waals surface area contributed by atoms with Crippen molar-refractivity contribution in [3.8, 4) is 0 Å². The van der Waals surface area contributed by atoms with E-state index < -0.39 is 5.60 Å². The van der Waals surface area contributed by atoms with Gasteiger partial charge >= 0.3 is 0 Å². The average Bonchev–Trinajstić information content (AvgIpc) is 2.75. The van der Waals surface area contributed by atoms with Gasteiger partial charge in [0.05, 0.1) is 11.3 Å². The second-order valence-electron chi connectivity index (χ2n) is 4.67. The number of H-pyrrole nitrogens is 1. The Morgan fingerprint density at radius 1 is 1.59 bits per heavy atom. The molecule has 0 aromatic carbocycles. The first-order valence-electron chi connectivity index (χ1n) is 5.95. The maximum absolute atomic E-state index is 12.2. The van der Waals surface area contributed by atoms with Crippen molar-refractivity contribution in [3.05, 3.63) is 11.4 Å². The van der Waals surface area contributed by atoms with Crippen LogP contribution in [0.15, 0.2) is 0 Å². The van der Waals surface area contributed by atoms with Gasteiger partial charge in [-0.15, -0.1) is 0 Å². The Hall–Kier alpha value is -1.43. The van der Waals surface area contributed by atoms with E-state index in [1.807, 2.05) is 6.92 Å². The first-order valence-corrected chi connectivity index (χ1v) is 5.95. The molecule has 0 spiro atoms. The summed E-state index contributed by atoms with van der Waals surface area (Å²) >= 11 is 0. The number of carbonyl (C=O) groups excluding carboxylic acids is 1. The van der Waals surface area contributed by atoms with Gasteiger partial charge in [0.1, 0.15) is 0 Å². The fraction of sp³-hybridized carbons (Fsp3) is 0.727. The highest BCUT2D eigenvalue weighted by Gasteiger charge is 2.34. The highest BCUT2D eigenvalue weighted by Crippen LogP contribution is 2.25. The van der Waals surface area contributed by atoms with E-state index in [0.717, 1.165) is 12.8 Å². The summed E-state index contributed by atoms with van der Waals surface area (Å²) in [4.78, 5) is 13.8. The first kappa shape index (κ1) is 12.0. The molecule has 1 fully saturated rings. The predicted molar refractivity (Wildman–Crippen MR) is 61.5 cm³/mol. The summed E-state index contributed by atoms with van der Waals surface area (Å²) in [6.07, 6.45) is 2.24. The van der Waals surface area contributed by atoms with E-state index >= 15 is 0 Å². The lowest BCUT2D eigenvalue weighted by Gasteiger charge is -2.38. The number of aliphatic hydroxyl groups is 1. The van der Waals surface area contributed by atoms with Gasteiger partial charge in [0.25, 0.3) is 5.91 Å². The molecular formula is C11H18N4O2. The number of aryl methyl sites for hydroxylation is 1. The number of hydrogen-bond acceptors (Lipinski definition) is 4. The van der Waals surface area contributed by atoms with E-state index in [0.29, 0.717) is 30.9 Å². The zero-order chi connectivity index (χ0) is 12.5. The van der Waals surface area contributed by atoms with Crippen molar-refractivity contribution in [2.45, 2.75) is 38.7 Å². The van der Waals surface area contributed by atoms with Crippen LogP contribution in [0.25, 0.3) is 0 Å². The molecule has 0 aliphatic carbocycles. The molecule has 2 heterocycles. The molecule has 1 saturated heterocycles. The molecule has 6 heteroatoms. The third-order valence-corrected chi connectivity index (χ3v) is 3.43. The number of aromatic nitrogens is 3. The molecule has 1 aromatic heterocycles. The maximum Gasteiger partial charge on any atom is 0.276 e. The minimum absolute atomic E-state index is 0.150. The van der Waals surface area contributed by atoms with Crippen molar-refractivity contribution in [1.29, 1.82) is 0 Å². The van der Waals surface area contributed by atoms with E-state index in [1.54, 1.807) is 11.8 Å². The lowest BCUT2D eigenvalue weighted by Crippen LogP contribution is -2.50. The molecule has 1 aliphatic heterocycles. The second kappa shape index (κ2) is 4.44. The molecule has 2 rings (SSSR count). The van der Waals surface area contributed by atoms with Gasteiger partial charge in [-0.3, -0.25) is 4.79 Å². The number of likely N-dealkylation sites (tertiary alicyclic amines) is 1. The molecule has 0 radical (unpaired) electrons. The van der Waals surface area contributed by atoms with Crippen LogP contribution in [-0.2, 0) is 0 Å². The summed E-state index contributed by atoms with van der Waals surface area (Å²) in [7, 11) is 0. The Morgan fingerprint density at radius 2 is 2.35 bits per heavy atom. The molecule has 94 valence electrons. The van der Waals surface area contributed by atoms with Gasteiger partial charge in [-0.1, -0.05) is 6.92 Å². The fourth-order valence-electron chi connectivity index (χ4n) is 2.21. The van der Waals surface area contributed by atoms with Crippen molar-refractivity contribution >= 4 is 5.91 Å². The first-order chi connectivity index (χ1) is 8.06. The van der Waals surface area contributed by atoms with Crippen LogP contribution < -0.4 is 0 Å². The van der Waals surface area contributed by atoms with Crippen LogP contribution in [0.5, 0.6) is 0 Å². The number of nitrogens with zero attached hydrogens (tertiary/aromatic N) is 3. The highest BCUT2D eigenvalue weighted by molar-refractivity contribution is 5.93. The number of carbonyl (C=O) groups is 1. The minimum Gasteiger partial charge on any atom is -0.388 e. The predicted octanol–water partition coefficient (Wildman–Crippen LogP) is 0.490. The normalized spacial score (nSPS) is 25.0. The van der Waals surface area contributed by atoms with Crippen molar-refractivity contribution in [2.24, 2.45) is 0 Å². The van der Waals surface area contributed by atoms with Crippen LogP contribution >= 0.6 is 0 Å². The zero-order valence-corrected chi connectivity index (χ0v) is 10.2. The van der Waals surface area contributed by atoms with Crippen molar-refractivity contribution in [3.63, 3.8) is 0 Å². The molecule has 2 N–H and O–H groups in total. The molecular weight excluding hydrogens is 220 g/mol. The molecule has 1 aliphatic rings. The van der Waals surface area contributed by atoms with Crippen LogP contribution in [0.3, 0.4) is 0 Å². The number of rotatable bonds is 2. The monoisotopic (exact) mass is 238 g/mol. The molecule has 1 aromatic rings. The number of hydrogen-bond donors (Lipinski definition) is 2. The van der Waals surface area contributed by atoms with Crippen LogP contribution in [0.2, 0.25) is 0 Å². The van der Waals surface area contributed by atoms with E-state index in [4.69, 9.17) is 0 Å². The topological polar surface area (TPSA) is 82.1 Å². The molecule has 0 bridgehead atoms. The number of piperidine rings is 1. The van der Waals surface area contributed by atoms with Gasteiger partial charge in [0.15, 0.2) is 5.69 Å². The van der Waals surface area contributed by atoms with Crippen LogP contribution in [0, 0.1) is 6.92 Å². The average molecular weight is 238 g/mol. The smallest absolute Gasteiger partial charge is 0.276 e. The zero-order valence-electron chi connectivity index (χ0n) is 10.2. The summed E-state index contributed by atoms with van der Waals surface area (Å²) in [5.41, 5.74) is 0.205. The lowest BCUT2D eigenvalue weighted by atomic mass is 9.90. The molecule has 0 saturated carbocycles. The number of amides is 1. The summed E-state index contributed by atoms with van der Waals surface area (Å²) in [5.74, 6) is -0.150. The van der Waals surface area contributed by atoms with Crippen molar-refractivity contribution in [2.75, 3.05) is 13.1 Å². The molecule has 0 unspecified atom stereocenters. The minimum atomic E-state index is -0.744. The van der Waals surface area contributed by atoms with E-state index in [9.17, 15) is 9.90 Å². The Bertz CT molecular complexity index is 417. The van der Waals surface area contributed by atoms with E-state index in [1.165, 1.54) is 0 Å². The number of β-amino-alcohol motifs (C(OH)–C–C–N with tert-alkyl or cyclic N) is 1. The van der Waals surface area contributed by atoms with E-state index in [2.05, 4.69) is 15.4 Å². The third-order valence-electron chi connectivity index (χ3n) is 3.43.